The van der Waals surface area contributed by atoms with Crippen molar-refractivity contribution in [3.63, 3.8) is 0 Å². The number of oxazole rings is 1. The molecule has 0 saturated heterocycles. The molecular weight excluding hydrogens is 190 g/mol. The first-order chi connectivity index (χ1) is 7.08. The van der Waals surface area contributed by atoms with Crippen LogP contribution >= 0.6 is 0 Å². The highest BCUT2D eigenvalue weighted by Crippen LogP contribution is 2.23. The molecule has 80 valence electrons. The molecule has 1 heterocycles. The smallest absolute Gasteiger partial charge is 0.298 e. The third-order valence-electron chi connectivity index (χ3n) is 2.48. The fourth-order valence-electron chi connectivity index (χ4n) is 1.30. The van der Waals surface area contributed by atoms with Gasteiger partial charge >= 0.3 is 0 Å². The zero-order valence-electron chi connectivity index (χ0n) is 9.19. The SMILES string of the molecule is CC(C)N(C)c1nc2ccc(N)cc2o1. The Morgan fingerprint density at radius 2 is 2.13 bits per heavy atom. The fourth-order valence-corrected chi connectivity index (χ4v) is 1.30. The molecule has 1 aromatic carbocycles. The molecule has 0 aliphatic heterocycles. The normalized spacial score (nSPS) is 11.2. The van der Waals surface area contributed by atoms with E-state index in [4.69, 9.17) is 10.2 Å². The third-order valence-corrected chi connectivity index (χ3v) is 2.48. The molecule has 15 heavy (non-hydrogen) atoms. The number of fused-ring (bicyclic) bond motifs is 1. The van der Waals surface area contributed by atoms with Crippen molar-refractivity contribution in [3.05, 3.63) is 18.2 Å². The number of anilines is 2. The van der Waals surface area contributed by atoms with Gasteiger partial charge in [0.1, 0.15) is 5.52 Å². The van der Waals surface area contributed by atoms with E-state index in [9.17, 15) is 0 Å². The van der Waals surface area contributed by atoms with Crippen LogP contribution in [0.5, 0.6) is 0 Å². The van der Waals surface area contributed by atoms with Gasteiger partial charge < -0.3 is 15.1 Å². The van der Waals surface area contributed by atoms with Crippen molar-refractivity contribution < 1.29 is 4.42 Å². The van der Waals surface area contributed by atoms with Gasteiger partial charge in [-0.15, -0.1) is 0 Å². The van der Waals surface area contributed by atoms with Crippen LogP contribution in [0.3, 0.4) is 0 Å². The van der Waals surface area contributed by atoms with Gasteiger partial charge in [-0.05, 0) is 26.0 Å². The van der Waals surface area contributed by atoms with E-state index in [2.05, 4.69) is 18.8 Å². The molecule has 0 saturated carbocycles. The minimum Gasteiger partial charge on any atom is -0.423 e. The number of nitrogens with two attached hydrogens (primary N) is 1. The summed E-state index contributed by atoms with van der Waals surface area (Å²) in [5, 5.41) is 0. The number of nitrogens with zero attached hydrogens (tertiary/aromatic N) is 2. The van der Waals surface area contributed by atoms with E-state index < -0.39 is 0 Å². The highest BCUT2D eigenvalue weighted by molar-refractivity contribution is 5.78. The molecule has 0 amide bonds. The van der Waals surface area contributed by atoms with Crippen molar-refractivity contribution in [2.45, 2.75) is 19.9 Å². The summed E-state index contributed by atoms with van der Waals surface area (Å²) in [6.07, 6.45) is 0. The van der Waals surface area contributed by atoms with E-state index >= 15 is 0 Å². The molecule has 2 rings (SSSR count). The Bertz CT molecular complexity index is 476. The van der Waals surface area contributed by atoms with Crippen LogP contribution in [0.15, 0.2) is 22.6 Å². The van der Waals surface area contributed by atoms with Gasteiger partial charge in [0.25, 0.3) is 6.01 Å². The van der Waals surface area contributed by atoms with Crippen LogP contribution in [0.2, 0.25) is 0 Å². The molecule has 0 fully saturated rings. The van der Waals surface area contributed by atoms with Crippen LogP contribution in [0, 0.1) is 0 Å². The lowest BCUT2D eigenvalue weighted by Gasteiger charge is -2.18. The van der Waals surface area contributed by atoms with Crippen LogP contribution in [0.25, 0.3) is 11.1 Å². The number of nitrogen functional groups attached to an aromatic ring is 1. The Morgan fingerprint density at radius 1 is 1.40 bits per heavy atom. The molecule has 0 radical (unpaired) electrons. The Balaban J connectivity index is 2.47. The minimum absolute atomic E-state index is 0.357. The molecule has 2 aromatic rings. The van der Waals surface area contributed by atoms with Crippen LogP contribution < -0.4 is 10.6 Å². The summed E-state index contributed by atoms with van der Waals surface area (Å²) >= 11 is 0. The molecule has 0 aliphatic carbocycles. The second-order valence-electron chi connectivity index (χ2n) is 3.93. The van der Waals surface area contributed by atoms with Crippen molar-refractivity contribution in [1.29, 1.82) is 0 Å². The van der Waals surface area contributed by atoms with Gasteiger partial charge in [0.05, 0.1) is 0 Å². The summed E-state index contributed by atoms with van der Waals surface area (Å²) < 4.78 is 5.61. The number of rotatable bonds is 2. The van der Waals surface area contributed by atoms with E-state index in [-0.39, 0.29) is 0 Å². The lowest BCUT2D eigenvalue weighted by molar-refractivity contribution is 0.562. The number of hydrogen-bond acceptors (Lipinski definition) is 4. The van der Waals surface area contributed by atoms with Crippen molar-refractivity contribution in [3.8, 4) is 0 Å². The number of aromatic nitrogens is 1. The van der Waals surface area contributed by atoms with E-state index in [1.54, 1.807) is 6.07 Å². The summed E-state index contributed by atoms with van der Waals surface area (Å²) in [4.78, 5) is 6.36. The molecular formula is C11H15N3O. The van der Waals surface area contributed by atoms with Gasteiger partial charge in [-0.25, -0.2) is 0 Å². The van der Waals surface area contributed by atoms with Crippen LogP contribution in [0.4, 0.5) is 11.7 Å². The van der Waals surface area contributed by atoms with E-state index in [1.165, 1.54) is 0 Å². The molecule has 4 heteroatoms. The van der Waals surface area contributed by atoms with Crippen LogP contribution in [0.1, 0.15) is 13.8 Å². The number of hydrogen-bond donors (Lipinski definition) is 1. The first-order valence-electron chi connectivity index (χ1n) is 4.97. The highest BCUT2D eigenvalue weighted by atomic mass is 16.4. The average Bonchev–Trinajstić information content (AvgIpc) is 2.58. The maximum atomic E-state index is 5.67. The third kappa shape index (κ3) is 1.75. The van der Waals surface area contributed by atoms with Crippen molar-refractivity contribution >= 4 is 22.8 Å². The molecule has 0 bridgehead atoms. The summed E-state index contributed by atoms with van der Waals surface area (Å²) in [7, 11) is 1.96. The lowest BCUT2D eigenvalue weighted by Crippen LogP contribution is -2.25. The zero-order chi connectivity index (χ0) is 11.0. The van der Waals surface area contributed by atoms with Crippen molar-refractivity contribution in [2.24, 2.45) is 0 Å². The topological polar surface area (TPSA) is 55.3 Å². The summed E-state index contributed by atoms with van der Waals surface area (Å²) in [5.74, 6) is 0. The standard InChI is InChI=1S/C11H15N3O/c1-7(2)14(3)11-13-9-5-4-8(12)6-10(9)15-11/h4-7H,12H2,1-3H3. The molecule has 0 spiro atoms. The van der Waals surface area contributed by atoms with Crippen molar-refractivity contribution in [1.82, 2.24) is 4.98 Å². The molecule has 0 atom stereocenters. The maximum absolute atomic E-state index is 5.67. The largest absolute Gasteiger partial charge is 0.423 e. The summed E-state index contributed by atoms with van der Waals surface area (Å²) in [6.45, 7) is 4.17. The van der Waals surface area contributed by atoms with Gasteiger partial charge in [0.15, 0.2) is 5.58 Å². The second kappa shape index (κ2) is 3.46. The molecule has 0 unspecified atom stereocenters. The Kier molecular flexibility index (Phi) is 2.26. The zero-order valence-corrected chi connectivity index (χ0v) is 9.19. The first kappa shape index (κ1) is 9.83. The van der Waals surface area contributed by atoms with E-state index in [1.807, 2.05) is 24.1 Å². The Morgan fingerprint density at radius 3 is 2.80 bits per heavy atom. The quantitative estimate of drug-likeness (QED) is 0.764. The second-order valence-corrected chi connectivity index (χ2v) is 3.93. The fraction of sp³-hybridized carbons (Fsp3) is 0.364. The predicted molar refractivity (Wildman–Crippen MR) is 62.0 cm³/mol. The lowest BCUT2D eigenvalue weighted by atomic mass is 10.3. The molecule has 0 aliphatic rings. The first-order valence-corrected chi connectivity index (χ1v) is 4.97. The number of benzene rings is 1. The van der Waals surface area contributed by atoms with Gasteiger partial charge in [0.2, 0.25) is 0 Å². The monoisotopic (exact) mass is 205 g/mol. The van der Waals surface area contributed by atoms with Crippen molar-refractivity contribution in [2.75, 3.05) is 17.7 Å². The van der Waals surface area contributed by atoms with Crippen LogP contribution in [-0.4, -0.2) is 18.1 Å². The molecule has 1 aromatic heterocycles. The summed E-state index contributed by atoms with van der Waals surface area (Å²) in [6, 6.07) is 6.47. The molecule has 2 N–H and O–H groups in total. The Labute approximate surface area is 88.7 Å². The van der Waals surface area contributed by atoms with E-state index in [0.29, 0.717) is 17.7 Å². The van der Waals surface area contributed by atoms with Gasteiger partial charge in [-0.1, -0.05) is 0 Å². The van der Waals surface area contributed by atoms with Gasteiger partial charge in [-0.3, -0.25) is 0 Å². The maximum Gasteiger partial charge on any atom is 0.298 e. The van der Waals surface area contributed by atoms with Gasteiger partial charge in [-0.2, -0.15) is 4.98 Å². The minimum atomic E-state index is 0.357. The average molecular weight is 205 g/mol. The molecule has 4 nitrogen and oxygen atoms in total. The summed E-state index contributed by atoms with van der Waals surface area (Å²) in [5.41, 5.74) is 7.93. The van der Waals surface area contributed by atoms with Crippen LogP contribution in [-0.2, 0) is 0 Å². The highest BCUT2D eigenvalue weighted by Gasteiger charge is 2.12. The Hall–Kier alpha value is -1.71. The van der Waals surface area contributed by atoms with Gasteiger partial charge in [0, 0.05) is 24.8 Å². The van der Waals surface area contributed by atoms with E-state index in [0.717, 1.165) is 11.1 Å². The predicted octanol–water partition coefficient (Wildman–Crippen LogP) is 2.25.